The van der Waals surface area contributed by atoms with E-state index in [1.807, 2.05) is 0 Å². The fraction of sp³-hybridized carbons (Fsp3) is 0. The number of carbonyl (C=O) groups is 1. The monoisotopic (exact) mass is 254 g/mol. The first-order valence-corrected chi connectivity index (χ1v) is 3.69. The summed E-state index contributed by atoms with van der Waals surface area (Å²) in [5, 5.41) is 0. The topological polar surface area (TPSA) is 26.3 Å². The van der Waals surface area contributed by atoms with Crippen molar-refractivity contribution in [2.24, 2.45) is 0 Å². The van der Waals surface area contributed by atoms with Gasteiger partial charge in [0.25, 0.3) is 0 Å². The molecule has 0 radical (unpaired) electrons. The van der Waals surface area contributed by atoms with E-state index in [-0.39, 0.29) is 0 Å². The van der Waals surface area contributed by atoms with Crippen LogP contribution in [0.4, 0.5) is 13.2 Å². The zero-order chi connectivity index (χ0) is 10.0. The van der Waals surface area contributed by atoms with Gasteiger partial charge in [-0.15, -0.1) is 0 Å². The maximum Gasteiger partial charge on any atom is 0.352 e. The molecule has 0 aliphatic carbocycles. The highest BCUT2D eigenvalue weighted by molar-refractivity contribution is 9.06. The van der Waals surface area contributed by atoms with E-state index in [1.54, 1.807) is 0 Å². The van der Waals surface area contributed by atoms with Crippen LogP contribution in [-0.4, -0.2) is 5.97 Å². The highest BCUT2D eigenvalue weighted by Gasteiger charge is 2.19. The van der Waals surface area contributed by atoms with Crippen molar-refractivity contribution in [3.05, 3.63) is 35.1 Å². The van der Waals surface area contributed by atoms with Gasteiger partial charge in [0.1, 0.15) is 0 Å². The Morgan fingerprint density at radius 1 is 1.23 bits per heavy atom. The molecule has 0 unspecified atom stereocenters. The molecular formula is C7H2BrF3O2. The molecule has 13 heavy (non-hydrogen) atoms. The van der Waals surface area contributed by atoms with Crippen molar-refractivity contribution in [3.63, 3.8) is 0 Å². The van der Waals surface area contributed by atoms with Crippen LogP contribution in [0, 0.1) is 17.5 Å². The van der Waals surface area contributed by atoms with Gasteiger partial charge >= 0.3 is 5.97 Å². The molecule has 0 aliphatic rings. The van der Waals surface area contributed by atoms with E-state index in [0.29, 0.717) is 6.07 Å². The standard InChI is InChI=1S/C7H2BrF3O2/c8-13-7(12)3-1-2-4(9)6(11)5(3)10/h1-2H. The summed E-state index contributed by atoms with van der Waals surface area (Å²) in [5.41, 5.74) is -0.671. The SMILES string of the molecule is O=C(OBr)c1ccc(F)c(F)c1F. The van der Waals surface area contributed by atoms with E-state index in [9.17, 15) is 18.0 Å². The molecule has 1 rings (SSSR count). The number of hydrogen-bond acceptors (Lipinski definition) is 2. The van der Waals surface area contributed by atoms with Crippen LogP contribution in [-0.2, 0) is 3.83 Å². The van der Waals surface area contributed by atoms with Crippen molar-refractivity contribution in [1.29, 1.82) is 0 Å². The number of benzene rings is 1. The van der Waals surface area contributed by atoms with Crippen molar-refractivity contribution in [3.8, 4) is 0 Å². The van der Waals surface area contributed by atoms with Crippen molar-refractivity contribution in [1.82, 2.24) is 0 Å². The lowest BCUT2D eigenvalue weighted by Gasteiger charge is -2.00. The quantitative estimate of drug-likeness (QED) is 0.721. The molecule has 2 nitrogen and oxygen atoms in total. The van der Waals surface area contributed by atoms with Gasteiger partial charge in [-0.3, -0.25) is 0 Å². The van der Waals surface area contributed by atoms with E-state index in [0.717, 1.165) is 6.07 Å². The number of rotatable bonds is 1. The molecule has 6 heteroatoms. The minimum Gasteiger partial charge on any atom is -0.380 e. The van der Waals surface area contributed by atoms with Crippen LogP contribution < -0.4 is 0 Å². The van der Waals surface area contributed by atoms with Crippen LogP contribution in [0.5, 0.6) is 0 Å². The molecular weight excluding hydrogens is 253 g/mol. The molecule has 0 N–H and O–H groups in total. The maximum atomic E-state index is 12.8. The lowest BCUT2D eigenvalue weighted by Crippen LogP contribution is -2.05. The fourth-order valence-electron chi connectivity index (χ4n) is 0.725. The first-order valence-electron chi connectivity index (χ1n) is 3.04. The van der Waals surface area contributed by atoms with E-state index in [1.165, 1.54) is 0 Å². The van der Waals surface area contributed by atoms with Crippen molar-refractivity contribution < 1.29 is 21.8 Å². The number of halogens is 4. The van der Waals surface area contributed by atoms with E-state index < -0.39 is 29.0 Å². The van der Waals surface area contributed by atoms with Gasteiger partial charge in [-0.1, -0.05) is 0 Å². The van der Waals surface area contributed by atoms with Crippen LogP contribution in [0.25, 0.3) is 0 Å². The summed E-state index contributed by atoms with van der Waals surface area (Å²) in [6, 6.07) is 1.43. The van der Waals surface area contributed by atoms with Gasteiger partial charge in [0.05, 0.1) is 5.56 Å². The molecule has 70 valence electrons. The molecule has 1 aromatic carbocycles. The minimum absolute atomic E-state index is 0.637. The third-order valence-electron chi connectivity index (χ3n) is 1.33. The summed E-state index contributed by atoms with van der Waals surface area (Å²) >= 11 is 2.30. The molecule has 0 saturated heterocycles. The third-order valence-corrected chi connectivity index (χ3v) is 1.62. The molecule has 1 aromatic rings. The second-order valence-corrected chi connectivity index (χ2v) is 2.41. The van der Waals surface area contributed by atoms with Crippen molar-refractivity contribution in [2.75, 3.05) is 0 Å². The van der Waals surface area contributed by atoms with E-state index in [4.69, 9.17) is 0 Å². The highest BCUT2D eigenvalue weighted by Crippen LogP contribution is 2.16. The summed E-state index contributed by atoms with van der Waals surface area (Å²) in [6.45, 7) is 0. The van der Waals surface area contributed by atoms with Gasteiger partial charge < -0.3 is 3.83 Å². The predicted octanol–water partition coefficient (Wildman–Crippen LogP) is 2.57. The Hall–Kier alpha value is -1.04. The van der Waals surface area contributed by atoms with Gasteiger partial charge in [-0.2, -0.15) is 0 Å². The molecule has 0 fully saturated rings. The summed E-state index contributed by atoms with van der Waals surface area (Å²) < 4.78 is 41.6. The van der Waals surface area contributed by atoms with Crippen LogP contribution in [0.1, 0.15) is 10.4 Å². The van der Waals surface area contributed by atoms with Gasteiger partial charge in [-0.25, -0.2) is 18.0 Å². The molecule has 0 saturated carbocycles. The molecule has 0 spiro atoms. The Morgan fingerprint density at radius 2 is 1.85 bits per heavy atom. The highest BCUT2D eigenvalue weighted by atomic mass is 79.9. The Morgan fingerprint density at radius 3 is 2.38 bits per heavy atom. The smallest absolute Gasteiger partial charge is 0.352 e. The second-order valence-electron chi connectivity index (χ2n) is 2.09. The molecule has 0 aromatic heterocycles. The number of hydrogen-bond donors (Lipinski definition) is 0. The Balaban J connectivity index is 3.26. The zero-order valence-electron chi connectivity index (χ0n) is 5.98. The number of carbonyl (C=O) groups excluding carboxylic acids is 1. The molecule has 0 bridgehead atoms. The first-order chi connectivity index (χ1) is 6.07. The zero-order valence-corrected chi connectivity index (χ0v) is 7.57. The molecule has 0 heterocycles. The minimum atomic E-state index is -1.70. The van der Waals surface area contributed by atoms with E-state index >= 15 is 0 Å². The summed E-state index contributed by atoms with van der Waals surface area (Å²) in [5.74, 6) is -5.75. The largest absolute Gasteiger partial charge is 0.380 e. The summed E-state index contributed by atoms with van der Waals surface area (Å²) in [6.07, 6.45) is 0. The third kappa shape index (κ3) is 1.82. The van der Waals surface area contributed by atoms with Crippen LogP contribution >= 0.6 is 16.3 Å². The summed E-state index contributed by atoms with van der Waals surface area (Å²) in [4.78, 5) is 10.7. The lowest BCUT2D eigenvalue weighted by molar-refractivity contribution is 0.0775. The van der Waals surface area contributed by atoms with Crippen molar-refractivity contribution >= 4 is 22.2 Å². The first kappa shape index (κ1) is 10.0. The molecule has 0 amide bonds. The average molecular weight is 255 g/mol. The van der Waals surface area contributed by atoms with Crippen LogP contribution in [0.2, 0.25) is 0 Å². The van der Waals surface area contributed by atoms with E-state index in [2.05, 4.69) is 20.1 Å². The van der Waals surface area contributed by atoms with Gasteiger partial charge in [-0.05, 0) is 12.1 Å². The van der Waals surface area contributed by atoms with Crippen LogP contribution in [0.15, 0.2) is 12.1 Å². The maximum absolute atomic E-state index is 12.8. The summed E-state index contributed by atoms with van der Waals surface area (Å²) in [7, 11) is 0. The Labute approximate surface area is 79.8 Å². The Kier molecular flexibility index (Phi) is 2.92. The average Bonchev–Trinajstić information content (AvgIpc) is 2.13. The normalized spacial score (nSPS) is 9.85. The van der Waals surface area contributed by atoms with Crippen LogP contribution in [0.3, 0.4) is 0 Å². The molecule has 0 atom stereocenters. The Bertz CT molecular complexity index is 354. The lowest BCUT2D eigenvalue weighted by atomic mass is 10.2. The predicted molar refractivity (Wildman–Crippen MR) is 40.7 cm³/mol. The molecule has 0 aliphatic heterocycles. The van der Waals surface area contributed by atoms with Crippen molar-refractivity contribution in [2.45, 2.75) is 0 Å². The van der Waals surface area contributed by atoms with Gasteiger partial charge in [0.2, 0.25) is 0 Å². The fourth-order valence-corrected chi connectivity index (χ4v) is 0.899. The second kappa shape index (κ2) is 3.78. The van der Waals surface area contributed by atoms with Gasteiger partial charge in [0.15, 0.2) is 33.7 Å². The van der Waals surface area contributed by atoms with Gasteiger partial charge in [0, 0.05) is 0 Å².